The number of aromatic nitrogens is 4. The molecule has 0 saturated carbocycles. The van der Waals surface area contributed by atoms with Gasteiger partial charge in [0.05, 0.1) is 26.2 Å². The van der Waals surface area contributed by atoms with Crippen LogP contribution in [0.5, 0.6) is 0 Å². The fourth-order valence-electron chi connectivity index (χ4n) is 11.5. The van der Waals surface area contributed by atoms with Gasteiger partial charge in [0.15, 0.2) is 0 Å². The van der Waals surface area contributed by atoms with Gasteiger partial charge in [-0.15, -0.1) is 0 Å². The van der Waals surface area contributed by atoms with Crippen LogP contribution in [0, 0.1) is 0 Å². The van der Waals surface area contributed by atoms with Crippen LogP contribution in [0.25, 0.3) is 11.6 Å². The lowest BCUT2D eigenvalue weighted by Crippen LogP contribution is -2.43. The highest BCUT2D eigenvalue weighted by Gasteiger charge is 2.32. The van der Waals surface area contributed by atoms with Crippen molar-refractivity contribution >= 4 is 0 Å². The molecule has 0 spiro atoms. The van der Waals surface area contributed by atoms with Crippen LogP contribution in [-0.4, -0.2) is 9.13 Å². The molecule has 0 saturated heterocycles. The first-order chi connectivity index (χ1) is 35.3. The van der Waals surface area contributed by atoms with Crippen molar-refractivity contribution in [2.75, 3.05) is 0 Å². The molecule has 0 aliphatic carbocycles. The lowest BCUT2D eigenvalue weighted by Gasteiger charge is -2.08. The fourth-order valence-corrected chi connectivity index (χ4v) is 11.5. The SMILES string of the molecule is CCCCCCCCCCCCCCCCC[n+]1ccn(CCCCCCCCCCCCCC)c1-c1n(CCCCCCCCCCCCCC)cc[n+]1CCCCCCCCCCCCCCCC. The number of aryl methyl sites for hydroxylation is 4. The topological polar surface area (TPSA) is 17.6 Å². The lowest BCUT2D eigenvalue weighted by atomic mass is 10.0. The zero-order valence-corrected chi connectivity index (χ0v) is 49.4. The minimum Gasteiger partial charge on any atom is -0.223 e. The number of unbranched alkanes of at least 4 members (excludes halogenated alkanes) is 49. The average molecular weight is 992 g/mol. The third-order valence-corrected chi connectivity index (χ3v) is 16.4. The van der Waals surface area contributed by atoms with Crippen LogP contribution in [0.3, 0.4) is 0 Å². The Morgan fingerprint density at radius 3 is 0.592 bits per heavy atom. The van der Waals surface area contributed by atoms with Gasteiger partial charge in [0.1, 0.15) is 24.8 Å². The van der Waals surface area contributed by atoms with Crippen molar-refractivity contribution in [3.05, 3.63) is 24.8 Å². The monoisotopic (exact) mass is 991 g/mol. The smallest absolute Gasteiger partial charge is 0.223 e. The maximum Gasteiger partial charge on any atom is 0.373 e. The quantitative estimate of drug-likeness (QED) is 0.0464. The molecular formula is C67H130N4+2. The molecule has 0 amide bonds. The van der Waals surface area contributed by atoms with Crippen molar-refractivity contribution in [3.8, 4) is 11.6 Å². The summed E-state index contributed by atoms with van der Waals surface area (Å²) in [5, 5.41) is 0. The second-order valence-corrected chi connectivity index (χ2v) is 23.3. The molecule has 2 heterocycles. The van der Waals surface area contributed by atoms with Gasteiger partial charge in [0.25, 0.3) is 0 Å². The van der Waals surface area contributed by atoms with E-state index in [0.29, 0.717) is 0 Å². The van der Waals surface area contributed by atoms with E-state index in [9.17, 15) is 0 Å². The Morgan fingerprint density at radius 1 is 0.225 bits per heavy atom. The van der Waals surface area contributed by atoms with Gasteiger partial charge < -0.3 is 0 Å². The van der Waals surface area contributed by atoms with Gasteiger partial charge >= 0.3 is 11.6 Å². The third kappa shape index (κ3) is 37.7. The number of rotatable bonds is 58. The molecule has 0 aliphatic rings. The molecule has 0 aliphatic heterocycles. The summed E-state index contributed by atoms with van der Waals surface area (Å²) >= 11 is 0. The second kappa shape index (κ2) is 51.9. The van der Waals surface area contributed by atoms with Gasteiger partial charge in [-0.25, -0.2) is 18.3 Å². The number of imidazole rings is 2. The van der Waals surface area contributed by atoms with Crippen molar-refractivity contribution in [2.45, 2.75) is 394 Å². The van der Waals surface area contributed by atoms with E-state index >= 15 is 0 Å². The third-order valence-electron chi connectivity index (χ3n) is 16.4. The van der Waals surface area contributed by atoms with Gasteiger partial charge in [-0.2, -0.15) is 0 Å². The van der Waals surface area contributed by atoms with Gasteiger partial charge in [0.2, 0.25) is 0 Å². The van der Waals surface area contributed by atoms with E-state index in [4.69, 9.17) is 0 Å². The van der Waals surface area contributed by atoms with Crippen LogP contribution in [0.2, 0.25) is 0 Å². The maximum absolute atomic E-state index is 2.69. The molecule has 0 unspecified atom stereocenters. The van der Waals surface area contributed by atoms with Crippen LogP contribution in [0.15, 0.2) is 24.8 Å². The molecule has 0 atom stereocenters. The fraction of sp³-hybridized carbons (Fsp3) is 0.910. The van der Waals surface area contributed by atoms with E-state index in [-0.39, 0.29) is 0 Å². The summed E-state index contributed by atoms with van der Waals surface area (Å²) in [7, 11) is 0. The highest BCUT2D eigenvalue weighted by atomic mass is 15.2. The van der Waals surface area contributed by atoms with E-state index in [1.807, 2.05) is 0 Å². The highest BCUT2D eigenvalue weighted by molar-refractivity contribution is 5.36. The first-order valence-corrected chi connectivity index (χ1v) is 33.4. The summed E-state index contributed by atoms with van der Waals surface area (Å²) in [5.74, 6) is 2.99. The van der Waals surface area contributed by atoms with Crippen LogP contribution < -0.4 is 9.13 Å². The van der Waals surface area contributed by atoms with Crippen LogP contribution in [0.4, 0.5) is 0 Å². The lowest BCUT2D eigenvalue weighted by molar-refractivity contribution is -0.715. The molecule has 2 aromatic rings. The summed E-state index contributed by atoms with van der Waals surface area (Å²) < 4.78 is 10.8. The predicted octanol–water partition coefficient (Wildman–Crippen LogP) is 22.3. The van der Waals surface area contributed by atoms with Crippen molar-refractivity contribution in [1.29, 1.82) is 0 Å². The minimum atomic E-state index is 1.15. The van der Waals surface area contributed by atoms with Gasteiger partial charge in [-0.05, 0) is 51.4 Å². The Labute approximate surface area is 446 Å². The van der Waals surface area contributed by atoms with Crippen molar-refractivity contribution in [3.63, 3.8) is 0 Å². The van der Waals surface area contributed by atoms with Crippen molar-refractivity contribution in [2.24, 2.45) is 0 Å². The molecule has 4 heteroatoms. The number of hydrogen-bond acceptors (Lipinski definition) is 0. The zero-order chi connectivity index (χ0) is 50.6. The van der Waals surface area contributed by atoms with Gasteiger partial charge in [-0.1, -0.05) is 317 Å². The van der Waals surface area contributed by atoms with Crippen LogP contribution in [0.1, 0.15) is 368 Å². The van der Waals surface area contributed by atoms with E-state index in [1.165, 1.54) is 352 Å². The molecule has 2 rings (SSSR count). The molecule has 71 heavy (non-hydrogen) atoms. The number of hydrogen-bond donors (Lipinski definition) is 0. The average Bonchev–Trinajstić information content (AvgIpc) is 3.97. The summed E-state index contributed by atoms with van der Waals surface area (Å²) in [5.41, 5.74) is 0. The molecule has 2 aromatic heterocycles. The molecule has 4 nitrogen and oxygen atoms in total. The predicted molar refractivity (Wildman–Crippen MR) is 316 cm³/mol. The maximum atomic E-state index is 2.69. The summed E-state index contributed by atoms with van der Waals surface area (Å²) in [6.45, 7) is 13.9. The molecular weight excluding hydrogens is 861 g/mol. The van der Waals surface area contributed by atoms with Gasteiger partial charge in [-0.3, -0.25) is 0 Å². The Balaban J connectivity index is 2.01. The van der Waals surface area contributed by atoms with Gasteiger partial charge in [0, 0.05) is 0 Å². The molecule has 416 valence electrons. The van der Waals surface area contributed by atoms with E-state index < -0.39 is 0 Å². The van der Waals surface area contributed by atoms with Crippen LogP contribution in [-0.2, 0) is 26.2 Å². The van der Waals surface area contributed by atoms with E-state index in [0.717, 1.165) is 26.2 Å². The second-order valence-electron chi connectivity index (χ2n) is 23.3. The van der Waals surface area contributed by atoms with E-state index in [1.54, 1.807) is 0 Å². The molecule has 0 aromatic carbocycles. The Hall–Kier alpha value is -1.58. The summed E-state index contributed by atoms with van der Waals surface area (Å²) in [6, 6.07) is 0. The first-order valence-electron chi connectivity index (χ1n) is 33.4. The Bertz CT molecular complexity index is 1340. The van der Waals surface area contributed by atoms with E-state index in [2.05, 4.69) is 70.8 Å². The highest BCUT2D eigenvalue weighted by Crippen LogP contribution is 2.21. The number of nitrogens with zero attached hydrogens (tertiary/aromatic N) is 4. The standard InChI is InChI=1S/C67H130N4/c1-5-9-13-17-21-25-29-33-35-37-41-45-49-53-57-61-71-65-63-69(59-55-51-47-43-39-32-28-24-20-16-12-8-4)67(71)66-68(58-54-50-46-42-38-31-27-23-19-15-11-7-3)62-64-70(66)60-56-52-48-44-40-36-34-30-26-22-18-14-10-6-2/h62-65H,5-61H2,1-4H3/q+2. The summed E-state index contributed by atoms with van der Waals surface area (Å²) in [6.07, 6.45) is 85.2. The Morgan fingerprint density at radius 2 is 0.394 bits per heavy atom. The first kappa shape index (κ1) is 65.5. The summed E-state index contributed by atoms with van der Waals surface area (Å²) in [4.78, 5) is 0. The largest absolute Gasteiger partial charge is 0.373 e. The Kier molecular flexibility index (Phi) is 47.9. The van der Waals surface area contributed by atoms with Crippen molar-refractivity contribution < 1.29 is 9.13 Å². The van der Waals surface area contributed by atoms with Crippen molar-refractivity contribution in [1.82, 2.24) is 9.13 Å². The molecule has 0 fully saturated rings. The molecule has 0 bridgehead atoms. The van der Waals surface area contributed by atoms with Crippen LogP contribution >= 0.6 is 0 Å². The molecule has 0 radical (unpaired) electrons. The zero-order valence-electron chi connectivity index (χ0n) is 49.4. The minimum absolute atomic E-state index is 1.15. The molecule has 0 N–H and O–H groups in total. The normalized spacial score (nSPS) is 11.8.